The van der Waals surface area contributed by atoms with Gasteiger partial charge in [0.05, 0.1) is 27.5 Å². The lowest BCUT2D eigenvalue weighted by Crippen LogP contribution is -2.35. The van der Waals surface area contributed by atoms with Crippen molar-refractivity contribution < 1.29 is 32.5 Å². The lowest BCUT2D eigenvalue weighted by molar-refractivity contribution is 0.0292. The van der Waals surface area contributed by atoms with Gasteiger partial charge in [-0.25, -0.2) is 14.8 Å². The number of methoxy groups -OCH3 is 3. The van der Waals surface area contributed by atoms with E-state index in [-0.39, 0.29) is 17.4 Å². The lowest BCUT2D eigenvalue weighted by Gasteiger charge is -2.24. The van der Waals surface area contributed by atoms with Crippen LogP contribution in [0.2, 0.25) is 0 Å². The van der Waals surface area contributed by atoms with E-state index in [9.17, 15) is 13.6 Å². The van der Waals surface area contributed by atoms with E-state index in [4.69, 9.17) is 24.7 Å². The molecule has 3 aromatic rings. The molecule has 0 spiro atoms. The van der Waals surface area contributed by atoms with Gasteiger partial charge in [0.25, 0.3) is 11.8 Å². The molecule has 0 aliphatic carbocycles. The van der Waals surface area contributed by atoms with Crippen molar-refractivity contribution in [3.8, 4) is 29.5 Å². The van der Waals surface area contributed by atoms with E-state index in [2.05, 4.69) is 26.8 Å². The average molecular weight is 531 g/mol. The summed E-state index contributed by atoms with van der Waals surface area (Å²) in [4.78, 5) is 26.7. The fraction of sp³-hybridized carbons (Fsp3) is 0.440. The van der Waals surface area contributed by atoms with Crippen LogP contribution in [0.25, 0.3) is 5.52 Å². The molecule has 1 atom stereocenters. The zero-order valence-electron chi connectivity index (χ0n) is 21.9. The molecule has 0 saturated carbocycles. The first-order chi connectivity index (χ1) is 18.0. The van der Waals surface area contributed by atoms with Gasteiger partial charge in [-0.15, -0.1) is 0 Å². The van der Waals surface area contributed by atoms with Gasteiger partial charge in [0.2, 0.25) is 17.5 Å². The van der Waals surface area contributed by atoms with Crippen molar-refractivity contribution >= 4 is 17.4 Å². The summed E-state index contributed by atoms with van der Waals surface area (Å²) in [7, 11) is 3.84. The number of ether oxygens (including phenoxy) is 4. The summed E-state index contributed by atoms with van der Waals surface area (Å²) in [5.74, 6) is 2.75. The number of rotatable bonds is 4. The van der Waals surface area contributed by atoms with E-state index < -0.39 is 40.7 Å². The zero-order chi connectivity index (χ0) is 27.8. The molecular formula is C25H28F2N6O5. The topological polar surface area (TPSA) is 126 Å². The third-order valence-corrected chi connectivity index (χ3v) is 5.80. The molecule has 0 radical (unpaired) electrons. The summed E-state index contributed by atoms with van der Waals surface area (Å²) < 4.78 is 52.1. The Hall–Kier alpha value is -4.34. The molecule has 4 heterocycles. The molecule has 1 saturated heterocycles. The van der Waals surface area contributed by atoms with Crippen molar-refractivity contribution in [3.63, 3.8) is 0 Å². The van der Waals surface area contributed by atoms with Crippen LogP contribution in [-0.4, -0.2) is 70.4 Å². The van der Waals surface area contributed by atoms with Crippen LogP contribution in [0.1, 0.15) is 50.2 Å². The van der Waals surface area contributed by atoms with Crippen molar-refractivity contribution in [1.82, 2.24) is 24.3 Å². The summed E-state index contributed by atoms with van der Waals surface area (Å²) in [6.07, 6.45) is 1.59. The van der Waals surface area contributed by atoms with E-state index >= 15 is 0 Å². The van der Waals surface area contributed by atoms with E-state index in [1.54, 1.807) is 30.1 Å². The number of carbonyl (C=O) groups is 1. The molecule has 1 amide bonds. The van der Waals surface area contributed by atoms with Crippen molar-refractivity contribution in [2.75, 3.05) is 40.2 Å². The molecule has 13 heteroatoms. The largest absolute Gasteiger partial charge is 0.481 e. The summed E-state index contributed by atoms with van der Waals surface area (Å²) in [6, 6.07) is 0. The zero-order valence-corrected chi connectivity index (χ0v) is 21.9. The normalized spacial score (nSPS) is 15.3. The van der Waals surface area contributed by atoms with Crippen LogP contribution in [0.5, 0.6) is 17.6 Å². The smallest absolute Gasteiger partial charge is 0.410 e. The Kier molecular flexibility index (Phi) is 7.17. The number of nitrogens with two attached hydrogens (primary N) is 1. The molecule has 0 unspecified atom stereocenters. The molecule has 4 rings (SSSR count). The second kappa shape index (κ2) is 10.2. The van der Waals surface area contributed by atoms with E-state index in [1.807, 2.05) is 0 Å². The number of aromatic nitrogens is 4. The number of nitrogens with zero attached hydrogens (tertiary/aromatic N) is 5. The average Bonchev–Trinajstić information content (AvgIpc) is 3.49. The van der Waals surface area contributed by atoms with Crippen LogP contribution in [0, 0.1) is 23.5 Å². The van der Waals surface area contributed by atoms with Crippen LogP contribution in [0.3, 0.4) is 0 Å². The summed E-state index contributed by atoms with van der Waals surface area (Å²) >= 11 is 0. The van der Waals surface area contributed by atoms with E-state index in [1.165, 1.54) is 27.5 Å². The Morgan fingerprint density at radius 2 is 1.74 bits per heavy atom. The molecule has 1 aliphatic heterocycles. The second-order valence-electron chi connectivity index (χ2n) is 9.48. The highest BCUT2D eigenvalue weighted by molar-refractivity contribution is 5.75. The van der Waals surface area contributed by atoms with Gasteiger partial charge in [-0.05, 0) is 33.1 Å². The molecule has 202 valence electrons. The van der Waals surface area contributed by atoms with Crippen molar-refractivity contribution in [3.05, 3.63) is 34.9 Å². The highest BCUT2D eigenvalue weighted by Gasteiger charge is 2.34. The first-order valence-corrected chi connectivity index (χ1v) is 11.7. The number of fused-ring (bicyclic) bond motifs is 1. The van der Waals surface area contributed by atoms with Crippen LogP contribution >= 0.6 is 0 Å². The number of carbonyl (C=O) groups excluding carboxylic acids is 1. The molecule has 1 fully saturated rings. The van der Waals surface area contributed by atoms with Gasteiger partial charge in [-0.1, -0.05) is 5.92 Å². The Bertz CT molecular complexity index is 1430. The Morgan fingerprint density at radius 1 is 1.08 bits per heavy atom. The lowest BCUT2D eigenvalue weighted by atomic mass is 10.1. The maximum atomic E-state index is 14.8. The maximum Gasteiger partial charge on any atom is 0.410 e. The minimum atomic E-state index is -1.09. The number of halogens is 2. The maximum absolute atomic E-state index is 14.8. The standard InChI is InChI=1S/C25H28F2N6O5/c1-25(2,3)38-24(34)32-10-9-13(12-32)21-30-15(19-20(28)29-11-16(35-4)33(19)21)8-7-14-17(26)22(36-5)31-23(37-6)18(14)27/h11,13H,9-10,12H2,1-6H3,(H2,28,29)/t13-/m0/s1. The number of amides is 1. The number of pyridine rings is 1. The van der Waals surface area contributed by atoms with Crippen LogP contribution in [0.15, 0.2) is 6.20 Å². The number of likely N-dealkylation sites (tertiary alicyclic amines) is 1. The van der Waals surface area contributed by atoms with Gasteiger partial charge >= 0.3 is 6.09 Å². The van der Waals surface area contributed by atoms with Gasteiger partial charge in [0, 0.05) is 19.0 Å². The minimum absolute atomic E-state index is 0.0849. The van der Waals surface area contributed by atoms with Gasteiger partial charge in [0.15, 0.2) is 5.82 Å². The van der Waals surface area contributed by atoms with E-state index in [0.717, 1.165) is 0 Å². The van der Waals surface area contributed by atoms with Crippen LogP contribution < -0.4 is 19.9 Å². The van der Waals surface area contributed by atoms with Crippen molar-refractivity contribution in [2.24, 2.45) is 0 Å². The fourth-order valence-electron chi connectivity index (χ4n) is 4.11. The molecule has 0 aromatic carbocycles. The Balaban J connectivity index is 1.81. The van der Waals surface area contributed by atoms with Crippen LogP contribution in [0.4, 0.5) is 19.4 Å². The van der Waals surface area contributed by atoms with Gasteiger partial charge in [-0.3, -0.25) is 4.40 Å². The number of hydrogen-bond acceptors (Lipinski definition) is 9. The van der Waals surface area contributed by atoms with E-state index in [0.29, 0.717) is 36.7 Å². The van der Waals surface area contributed by atoms with Crippen molar-refractivity contribution in [2.45, 2.75) is 38.7 Å². The Morgan fingerprint density at radius 3 is 2.32 bits per heavy atom. The Labute approximate surface area is 217 Å². The van der Waals surface area contributed by atoms with Gasteiger partial charge < -0.3 is 29.6 Å². The number of anilines is 1. The van der Waals surface area contributed by atoms with Crippen molar-refractivity contribution in [1.29, 1.82) is 0 Å². The molecule has 0 bridgehead atoms. The highest BCUT2D eigenvalue weighted by atomic mass is 19.1. The third-order valence-electron chi connectivity index (χ3n) is 5.80. The first-order valence-electron chi connectivity index (χ1n) is 11.7. The summed E-state index contributed by atoms with van der Waals surface area (Å²) in [5.41, 5.74) is 5.36. The first kappa shape index (κ1) is 26.7. The highest BCUT2D eigenvalue weighted by Crippen LogP contribution is 2.33. The molecular weight excluding hydrogens is 502 g/mol. The predicted octanol–water partition coefficient (Wildman–Crippen LogP) is 3.13. The van der Waals surface area contributed by atoms with Gasteiger partial charge in [-0.2, -0.15) is 13.8 Å². The van der Waals surface area contributed by atoms with Gasteiger partial charge in [0.1, 0.15) is 28.2 Å². The number of imidazole rings is 1. The minimum Gasteiger partial charge on any atom is -0.481 e. The SMILES string of the molecule is COc1nc(OC)c(F)c(C#Cc2nc([C@H]3CCN(C(=O)OC(C)(C)C)C3)n3c(OC)cnc(N)c23)c1F. The second-order valence-corrected chi connectivity index (χ2v) is 9.48. The third kappa shape index (κ3) is 4.93. The monoisotopic (exact) mass is 530 g/mol. The molecule has 1 aliphatic rings. The fourth-order valence-corrected chi connectivity index (χ4v) is 4.11. The quantitative estimate of drug-likeness (QED) is 0.506. The summed E-state index contributed by atoms with van der Waals surface area (Å²) in [5, 5.41) is 0. The molecule has 11 nitrogen and oxygen atoms in total. The molecule has 2 N–H and O–H groups in total. The van der Waals surface area contributed by atoms with Crippen LogP contribution in [-0.2, 0) is 4.74 Å². The molecule has 3 aromatic heterocycles. The number of hydrogen-bond donors (Lipinski definition) is 1. The predicted molar refractivity (Wildman–Crippen MR) is 132 cm³/mol. The summed E-state index contributed by atoms with van der Waals surface area (Å²) in [6.45, 7) is 6.17. The number of nitrogen functional groups attached to an aromatic ring is 1. The molecule has 38 heavy (non-hydrogen) atoms.